The molecule has 3 rings (SSSR count). The molecule has 0 bridgehead atoms. The van der Waals surface area contributed by atoms with Crippen LogP contribution in [0.5, 0.6) is 5.75 Å². The van der Waals surface area contributed by atoms with E-state index >= 15 is 0 Å². The predicted octanol–water partition coefficient (Wildman–Crippen LogP) is 5.04. The maximum Gasteiger partial charge on any atom is 0.416 e. The summed E-state index contributed by atoms with van der Waals surface area (Å²) in [5, 5.41) is 7.08. The number of carbonyl (C=O) groups is 2. The molecule has 2 N–H and O–H groups in total. The summed E-state index contributed by atoms with van der Waals surface area (Å²) in [5.41, 5.74) is 0.0382. The Bertz CT molecular complexity index is 1000. The molecule has 9 heteroatoms. The van der Waals surface area contributed by atoms with Crippen LogP contribution in [0.25, 0.3) is 0 Å². The number of anilines is 2. The highest BCUT2D eigenvalue weighted by atomic mass is 32.1. The lowest BCUT2D eigenvalue weighted by Crippen LogP contribution is -2.20. The van der Waals surface area contributed by atoms with Gasteiger partial charge in [0.2, 0.25) is 0 Å². The molecule has 0 aliphatic rings. The van der Waals surface area contributed by atoms with Crippen LogP contribution >= 0.6 is 11.3 Å². The minimum Gasteiger partial charge on any atom is -0.484 e. The summed E-state index contributed by atoms with van der Waals surface area (Å²) in [6.45, 7) is -0.465. The molecule has 0 radical (unpaired) electrons. The van der Waals surface area contributed by atoms with Gasteiger partial charge in [-0.15, -0.1) is 11.3 Å². The molecule has 2 amide bonds. The summed E-state index contributed by atoms with van der Waals surface area (Å²) in [5.74, 6) is -0.882. The van der Waals surface area contributed by atoms with E-state index in [1.165, 1.54) is 23.5 Å². The number of hydrogen-bond donors (Lipinski definition) is 2. The van der Waals surface area contributed by atoms with Crippen molar-refractivity contribution in [2.45, 2.75) is 6.18 Å². The monoisotopic (exact) mass is 420 g/mol. The van der Waals surface area contributed by atoms with Crippen LogP contribution in [-0.2, 0) is 11.0 Å². The SMILES string of the molecule is O=C(COc1cccc(C(F)(F)F)c1)Nc1cccc(NC(=O)c2cccs2)c1. The largest absolute Gasteiger partial charge is 0.484 e. The second-order valence-electron chi connectivity index (χ2n) is 5.87. The van der Waals surface area contributed by atoms with Gasteiger partial charge in [-0.3, -0.25) is 9.59 Å². The molecule has 0 spiro atoms. The van der Waals surface area contributed by atoms with Gasteiger partial charge in [0.25, 0.3) is 11.8 Å². The molecule has 0 saturated heterocycles. The molecule has 2 aromatic carbocycles. The second-order valence-corrected chi connectivity index (χ2v) is 6.82. The molecule has 0 saturated carbocycles. The third-order valence-electron chi connectivity index (χ3n) is 3.68. The molecular weight excluding hydrogens is 405 g/mol. The summed E-state index contributed by atoms with van der Waals surface area (Å²) >= 11 is 1.30. The number of carbonyl (C=O) groups excluding carboxylic acids is 2. The van der Waals surface area contributed by atoms with Gasteiger partial charge in [0.05, 0.1) is 10.4 Å². The topological polar surface area (TPSA) is 67.4 Å². The van der Waals surface area contributed by atoms with E-state index in [-0.39, 0.29) is 11.7 Å². The summed E-state index contributed by atoms with van der Waals surface area (Å²) < 4.78 is 43.3. The van der Waals surface area contributed by atoms with E-state index in [0.29, 0.717) is 16.3 Å². The maximum atomic E-state index is 12.7. The van der Waals surface area contributed by atoms with Gasteiger partial charge in [-0.1, -0.05) is 18.2 Å². The van der Waals surface area contributed by atoms with Gasteiger partial charge < -0.3 is 15.4 Å². The first-order valence-electron chi connectivity index (χ1n) is 8.36. The Hall–Kier alpha value is -3.33. The van der Waals surface area contributed by atoms with Crippen LogP contribution in [0.2, 0.25) is 0 Å². The summed E-state index contributed by atoms with van der Waals surface area (Å²) in [6, 6.07) is 14.2. The number of amides is 2. The molecule has 0 aliphatic heterocycles. The van der Waals surface area contributed by atoms with E-state index in [1.54, 1.807) is 41.8 Å². The number of rotatable bonds is 6. The minimum atomic E-state index is -4.49. The van der Waals surface area contributed by atoms with E-state index in [0.717, 1.165) is 12.1 Å². The van der Waals surface area contributed by atoms with Crippen molar-refractivity contribution >= 4 is 34.5 Å². The Morgan fingerprint density at radius 2 is 1.66 bits per heavy atom. The van der Waals surface area contributed by atoms with Gasteiger partial charge in [0.15, 0.2) is 6.61 Å². The number of hydrogen-bond acceptors (Lipinski definition) is 4. The molecule has 3 aromatic rings. The lowest BCUT2D eigenvalue weighted by atomic mass is 10.2. The number of benzene rings is 2. The van der Waals surface area contributed by atoms with Crippen LogP contribution in [0, 0.1) is 0 Å². The standard InChI is InChI=1S/C20H15F3N2O3S/c21-20(22,23)13-4-1-7-16(10-13)28-12-18(26)24-14-5-2-6-15(11-14)25-19(27)17-8-3-9-29-17/h1-11H,12H2,(H,24,26)(H,25,27). The molecule has 0 fully saturated rings. The fourth-order valence-electron chi connectivity index (χ4n) is 2.38. The third kappa shape index (κ3) is 5.82. The van der Waals surface area contributed by atoms with Gasteiger partial charge in [-0.25, -0.2) is 0 Å². The van der Waals surface area contributed by atoms with Crippen LogP contribution in [0.1, 0.15) is 15.2 Å². The van der Waals surface area contributed by atoms with Crippen molar-refractivity contribution in [1.29, 1.82) is 0 Å². The summed E-state index contributed by atoms with van der Waals surface area (Å²) in [6.07, 6.45) is -4.49. The smallest absolute Gasteiger partial charge is 0.416 e. The van der Waals surface area contributed by atoms with Gasteiger partial charge in [0.1, 0.15) is 5.75 Å². The Labute approximate surface area is 168 Å². The Morgan fingerprint density at radius 3 is 2.34 bits per heavy atom. The van der Waals surface area contributed by atoms with Crippen molar-refractivity contribution in [3.8, 4) is 5.75 Å². The van der Waals surface area contributed by atoms with Crippen molar-refractivity contribution in [1.82, 2.24) is 0 Å². The van der Waals surface area contributed by atoms with Crippen LogP contribution in [-0.4, -0.2) is 18.4 Å². The molecule has 1 heterocycles. The van der Waals surface area contributed by atoms with Crippen LogP contribution in [0.4, 0.5) is 24.5 Å². The zero-order valence-electron chi connectivity index (χ0n) is 14.8. The van der Waals surface area contributed by atoms with Gasteiger partial charge in [-0.05, 0) is 47.8 Å². The number of thiophene rings is 1. The Kier molecular flexibility index (Phi) is 6.18. The minimum absolute atomic E-state index is 0.0630. The number of halogens is 3. The van der Waals surface area contributed by atoms with E-state index in [9.17, 15) is 22.8 Å². The lowest BCUT2D eigenvalue weighted by Gasteiger charge is -2.11. The average molecular weight is 420 g/mol. The van der Waals surface area contributed by atoms with Crippen LogP contribution < -0.4 is 15.4 Å². The van der Waals surface area contributed by atoms with E-state index in [2.05, 4.69) is 10.6 Å². The number of ether oxygens (including phenoxy) is 1. The third-order valence-corrected chi connectivity index (χ3v) is 4.55. The van der Waals surface area contributed by atoms with Crippen LogP contribution in [0.15, 0.2) is 66.0 Å². The number of alkyl halides is 3. The Balaban J connectivity index is 1.56. The molecule has 0 unspecified atom stereocenters. The maximum absolute atomic E-state index is 12.7. The van der Waals surface area contributed by atoms with Gasteiger partial charge in [0, 0.05) is 11.4 Å². The van der Waals surface area contributed by atoms with E-state index < -0.39 is 24.3 Å². The predicted molar refractivity (Wildman–Crippen MR) is 104 cm³/mol. The molecule has 150 valence electrons. The second kappa shape index (κ2) is 8.78. The van der Waals surface area contributed by atoms with Crippen molar-refractivity contribution in [3.05, 3.63) is 76.5 Å². The summed E-state index contributed by atoms with van der Waals surface area (Å²) in [7, 11) is 0. The zero-order valence-corrected chi connectivity index (χ0v) is 15.6. The lowest BCUT2D eigenvalue weighted by molar-refractivity contribution is -0.137. The first-order valence-corrected chi connectivity index (χ1v) is 9.24. The quantitative estimate of drug-likeness (QED) is 0.587. The fourth-order valence-corrected chi connectivity index (χ4v) is 3.00. The molecule has 0 aliphatic carbocycles. The van der Waals surface area contributed by atoms with Gasteiger partial charge in [-0.2, -0.15) is 13.2 Å². The first kappa shape index (κ1) is 20.4. The normalized spacial score (nSPS) is 11.0. The molecular formula is C20H15F3N2O3S. The summed E-state index contributed by atoms with van der Waals surface area (Å²) in [4.78, 5) is 24.7. The highest BCUT2D eigenvalue weighted by molar-refractivity contribution is 7.12. The molecule has 5 nitrogen and oxygen atoms in total. The average Bonchev–Trinajstić information content (AvgIpc) is 3.21. The van der Waals surface area contributed by atoms with E-state index in [4.69, 9.17) is 4.74 Å². The highest BCUT2D eigenvalue weighted by Gasteiger charge is 2.30. The fraction of sp³-hybridized carbons (Fsp3) is 0.100. The Morgan fingerprint density at radius 1 is 0.931 bits per heavy atom. The first-order chi connectivity index (χ1) is 13.8. The van der Waals surface area contributed by atoms with Crippen molar-refractivity contribution < 1.29 is 27.5 Å². The van der Waals surface area contributed by atoms with E-state index in [1.807, 2.05) is 0 Å². The van der Waals surface area contributed by atoms with Gasteiger partial charge >= 0.3 is 6.18 Å². The zero-order chi connectivity index (χ0) is 20.9. The molecule has 0 atom stereocenters. The molecule has 1 aromatic heterocycles. The van der Waals surface area contributed by atoms with Crippen LogP contribution in [0.3, 0.4) is 0 Å². The molecule has 29 heavy (non-hydrogen) atoms. The van der Waals surface area contributed by atoms with Crippen molar-refractivity contribution in [2.75, 3.05) is 17.2 Å². The van der Waals surface area contributed by atoms with Crippen molar-refractivity contribution in [2.24, 2.45) is 0 Å². The number of nitrogens with one attached hydrogen (secondary N) is 2. The highest BCUT2D eigenvalue weighted by Crippen LogP contribution is 2.31. The van der Waals surface area contributed by atoms with Crippen molar-refractivity contribution in [3.63, 3.8) is 0 Å².